The molecule has 3 nitrogen and oxygen atoms in total. The molecule has 4 heteroatoms. The SMILES string of the molecule is Cc1c(/C=N\NCc2ccc(Cl)cc2)c2ccccc2n1Cc1ccccc1. The smallest absolute Gasteiger partial charge is 0.0580 e. The number of nitrogens with zero attached hydrogens (tertiary/aromatic N) is 2. The molecule has 1 aromatic heterocycles. The van der Waals surface area contributed by atoms with E-state index in [1.807, 2.05) is 30.5 Å². The topological polar surface area (TPSA) is 29.3 Å². The van der Waals surface area contributed by atoms with E-state index in [0.29, 0.717) is 6.54 Å². The Bertz CT molecular complexity index is 1100. The number of nitrogens with one attached hydrogen (secondary N) is 1. The highest BCUT2D eigenvalue weighted by Gasteiger charge is 2.12. The van der Waals surface area contributed by atoms with E-state index in [0.717, 1.165) is 22.7 Å². The first-order valence-corrected chi connectivity index (χ1v) is 9.72. The molecule has 0 saturated heterocycles. The quantitative estimate of drug-likeness (QED) is 0.330. The van der Waals surface area contributed by atoms with Gasteiger partial charge in [-0.15, -0.1) is 0 Å². The van der Waals surface area contributed by atoms with Gasteiger partial charge in [-0.1, -0.05) is 72.3 Å². The molecule has 0 bridgehead atoms. The number of fused-ring (bicyclic) bond motifs is 1. The van der Waals surface area contributed by atoms with E-state index in [4.69, 9.17) is 11.6 Å². The molecule has 0 aliphatic heterocycles. The van der Waals surface area contributed by atoms with Crippen molar-refractivity contribution in [2.45, 2.75) is 20.0 Å². The number of hydrogen-bond acceptors (Lipinski definition) is 2. The molecule has 1 N–H and O–H groups in total. The summed E-state index contributed by atoms with van der Waals surface area (Å²) in [5.74, 6) is 0. The van der Waals surface area contributed by atoms with Crippen molar-refractivity contribution in [2.75, 3.05) is 0 Å². The molecule has 3 aromatic carbocycles. The van der Waals surface area contributed by atoms with Crippen molar-refractivity contribution >= 4 is 28.7 Å². The number of para-hydroxylation sites is 1. The fourth-order valence-electron chi connectivity index (χ4n) is 3.44. The predicted molar refractivity (Wildman–Crippen MR) is 118 cm³/mol. The van der Waals surface area contributed by atoms with Crippen LogP contribution in [0.4, 0.5) is 0 Å². The molecule has 0 radical (unpaired) electrons. The van der Waals surface area contributed by atoms with Crippen LogP contribution in [0.1, 0.15) is 22.4 Å². The van der Waals surface area contributed by atoms with Gasteiger partial charge in [0.2, 0.25) is 0 Å². The minimum atomic E-state index is 0.662. The van der Waals surface area contributed by atoms with Gasteiger partial charge in [-0.05, 0) is 36.2 Å². The Hall–Kier alpha value is -3.04. The van der Waals surface area contributed by atoms with Crippen molar-refractivity contribution in [3.05, 3.63) is 106 Å². The second-order valence-corrected chi connectivity index (χ2v) is 7.24. The average molecular weight is 388 g/mol. The summed E-state index contributed by atoms with van der Waals surface area (Å²) in [5.41, 5.74) is 9.15. The van der Waals surface area contributed by atoms with E-state index in [9.17, 15) is 0 Å². The zero-order chi connectivity index (χ0) is 19.3. The normalized spacial score (nSPS) is 11.4. The number of hydrazone groups is 1. The van der Waals surface area contributed by atoms with E-state index in [-0.39, 0.29) is 0 Å². The van der Waals surface area contributed by atoms with Gasteiger partial charge < -0.3 is 9.99 Å². The third-order valence-corrected chi connectivity index (χ3v) is 5.20. The van der Waals surface area contributed by atoms with Crippen molar-refractivity contribution in [3.8, 4) is 0 Å². The molecule has 1 heterocycles. The molecule has 4 aromatic rings. The van der Waals surface area contributed by atoms with Crippen LogP contribution in [-0.4, -0.2) is 10.8 Å². The second-order valence-electron chi connectivity index (χ2n) is 6.81. The van der Waals surface area contributed by atoms with Gasteiger partial charge >= 0.3 is 0 Å². The Morgan fingerprint density at radius 2 is 1.61 bits per heavy atom. The highest BCUT2D eigenvalue weighted by molar-refractivity contribution is 6.30. The Kier molecular flexibility index (Phi) is 5.45. The molecule has 0 amide bonds. The van der Waals surface area contributed by atoms with Crippen LogP contribution in [0.25, 0.3) is 10.9 Å². The monoisotopic (exact) mass is 387 g/mol. The Balaban J connectivity index is 1.58. The molecule has 0 aliphatic carbocycles. The maximum atomic E-state index is 5.93. The van der Waals surface area contributed by atoms with Crippen LogP contribution in [0.5, 0.6) is 0 Å². The number of halogens is 1. The standard InChI is InChI=1S/C24H22ClN3/c1-18-23(16-27-26-15-19-11-13-21(25)14-12-19)22-9-5-6-10-24(22)28(18)17-20-7-3-2-4-8-20/h2-14,16,26H,15,17H2,1H3/b27-16-. The Morgan fingerprint density at radius 3 is 2.39 bits per heavy atom. The lowest BCUT2D eigenvalue weighted by Crippen LogP contribution is -2.06. The van der Waals surface area contributed by atoms with Crippen LogP contribution in [0, 0.1) is 6.92 Å². The largest absolute Gasteiger partial charge is 0.340 e. The summed E-state index contributed by atoms with van der Waals surface area (Å²) in [6, 6.07) is 26.8. The molecule has 0 saturated carbocycles. The summed E-state index contributed by atoms with van der Waals surface area (Å²) in [5, 5.41) is 6.43. The highest BCUT2D eigenvalue weighted by atomic mass is 35.5. The third kappa shape index (κ3) is 3.95. The van der Waals surface area contributed by atoms with Gasteiger partial charge in [-0.25, -0.2) is 0 Å². The number of hydrogen-bond donors (Lipinski definition) is 1. The van der Waals surface area contributed by atoms with Crippen LogP contribution < -0.4 is 5.43 Å². The van der Waals surface area contributed by atoms with Crippen molar-refractivity contribution in [1.82, 2.24) is 9.99 Å². The molecular weight excluding hydrogens is 366 g/mol. The number of rotatable bonds is 6. The zero-order valence-corrected chi connectivity index (χ0v) is 16.5. The van der Waals surface area contributed by atoms with Gasteiger partial charge in [-0.3, -0.25) is 0 Å². The predicted octanol–water partition coefficient (Wildman–Crippen LogP) is 5.78. The number of benzene rings is 3. The fourth-order valence-corrected chi connectivity index (χ4v) is 3.57. The average Bonchev–Trinajstić information content (AvgIpc) is 2.99. The maximum absolute atomic E-state index is 5.93. The van der Waals surface area contributed by atoms with Crippen molar-refractivity contribution < 1.29 is 0 Å². The van der Waals surface area contributed by atoms with Gasteiger partial charge in [0.1, 0.15) is 0 Å². The molecule has 0 spiro atoms. The van der Waals surface area contributed by atoms with Gasteiger partial charge in [0.25, 0.3) is 0 Å². The van der Waals surface area contributed by atoms with E-state index in [1.165, 1.54) is 22.2 Å². The Morgan fingerprint density at radius 1 is 0.893 bits per heavy atom. The summed E-state index contributed by atoms with van der Waals surface area (Å²) in [7, 11) is 0. The van der Waals surface area contributed by atoms with Crippen LogP contribution in [-0.2, 0) is 13.1 Å². The summed E-state index contributed by atoms with van der Waals surface area (Å²) >= 11 is 5.93. The molecule has 0 atom stereocenters. The lowest BCUT2D eigenvalue weighted by Gasteiger charge is -2.08. The summed E-state index contributed by atoms with van der Waals surface area (Å²) in [4.78, 5) is 0. The molecular formula is C24H22ClN3. The second kappa shape index (κ2) is 8.32. The van der Waals surface area contributed by atoms with E-state index in [2.05, 4.69) is 76.6 Å². The lowest BCUT2D eigenvalue weighted by molar-refractivity contribution is 0.747. The number of aromatic nitrogens is 1. The van der Waals surface area contributed by atoms with Crippen LogP contribution in [0.15, 0.2) is 84.0 Å². The summed E-state index contributed by atoms with van der Waals surface area (Å²) in [6.07, 6.45) is 1.93. The summed E-state index contributed by atoms with van der Waals surface area (Å²) < 4.78 is 2.35. The van der Waals surface area contributed by atoms with Crippen LogP contribution in [0.2, 0.25) is 5.02 Å². The van der Waals surface area contributed by atoms with Gasteiger partial charge in [0.05, 0.1) is 12.8 Å². The zero-order valence-electron chi connectivity index (χ0n) is 15.8. The minimum Gasteiger partial charge on any atom is -0.340 e. The maximum Gasteiger partial charge on any atom is 0.0580 e. The first kappa shape index (κ1) is 18.3. The third-order valence-electron chi connectivity index (χ3n) is 4.94. The van der Waals surface area contributed by atoms with E-state index in [1.54, 1.807) is 0 Å². The van der Waals surface area contributed by atoms with Crippen LogP contribution in [0.3, 0.4) is 0 Å². The molecule has 140 valence electrons. The van der Waals surface area contributed by atoms with E-state index >= 15 is 0 Å². The van der Waals surface area contributed by atoms with Crippen molar-refractivity contribution in [1.29, 1.82) is 0 Å². The molecule has 28 heavy (non-hydrogen) atoms. The molecule has 0 unspecified atom stereocenters. The van der Waals surface area contributed by atoms with Crippen LogP contribution >= 0.6 is 11.6 Å². The summed E-state index contributed by atoms with van der Waals surface area (Å²) in [6.45, 7) is 3.66. The van der Waals surface area contributed by atoms with E-state index < -0.39 is 0 Å². The molecule has 0 aliphatic rings. The lowest BCUT2D eigenvalue weighted by atomic mass is 10.1. The molecule has 4 rings (SSSR count). The first-order valence-electron chi connectivity index (χ1n) is 9.34. The Labute approximate surface area is 170 Å². The van der Waals surface area contributed by atoms with Gasteiger partial charge in [0.15, 0.2) is 0 Å². The fraction of sp³-hybridized carbons (Fsp3) is 0.125. The highest BCUT2D eigenvalue weighted by Crippen LogP contribution is 2.25. The van der Waals surface area contributed by atoms with Gasteiger partial charge in [-0.2, -0.15) is 5.10 Å². The van der Waals surface area contributed by atoms with Crippen molar-refractivity contribution in [3.63, 3.8) is 0 Å². The first-order chi connectivity index (χ1) is 13.7. The minimum absolute atomic E-state index is 0.662. The van der Waals surface area contributed by atoms with Gasteiger partial charge in [0, 0.05) is 33.7 Å². The molecule has 0 fully saturated rings. The van der Waals surface area contributed by atoms with Crippen molar-refractivity contribution in [2.24, 2.45) is 5.10 Å².